The predicted molar refractivity (Wildman–Crippen MR) is 74.3 cm³/mol. The summed E-state index contributed by atoms with van der Waals surface area (Å²) < 4.78 is 0. The fourth-order valence-electron chi connectivity index (χ4n) is 1.70. The van der Waals surface area contributed by atoms with Gasteiger partial charge in [-0.1, -0.05) is 6.92 Å². The summed E-state index contributed by atoms with van der Waals surface area (Å²) in [7, 11) is 0. The maximum Gasteiger partial charge on any atom is 0.126 e. The Labute approximate surface area is 105 Å². The molecule has 0 aliphatic carbocycles. The predicted octanol–water partition coefficient (Wildman–Crippen LogP) is 3.10. The van der Waals surface area contributed by atoms with Crippen LogP contribution in [0.3, 0.4) is 0 Å². The molecule has 0 saturated carbocycles. The fraction of sp³-hybridized carbons (Fsp3) is 0.643. The van der Waals surface area contributed by atoms with Gasteiger partial charge in [0.2, 0.25) is 0 Å². The molecule has 0 saturated heterocycles. The van der Waals surface area contributed by atoms with Gasteiger partial charge in [-0.2, -0.15) is 0 Å². The molecule has 0 atom stereocenters. The Morgan fingerprint density at radius 3 is 2.53 bits per heavy atom. The largest absolute Gasteiger partial charge is 0.365 e. The Kier molecular flexibility index (Phi) is 4.94. The molecule has 17 heavy (non-hydrogen) atoms. The monoisotopic (exact) mass is 235 g/mol. The summed E-state index contributed by atoms with van der Waals surface area (Å²) in [6.45, 7) is 12.6. The summed E-state index contributed by atoms with van der Waals surface area (Å²) in [6.07, 6.45) is 1.16. The van der Waals surface area contributed by atoms with E-state index in [9.17, 15) is 0 Å². The topological polar surface area (TPSA) is 37.0 Å². The maximum atomic E-state index is 4.51. The van der Waals surface area contributed by atoms with E-state index in [1.165, 1.54) is 5.56 Å². The standard InChI is InChI=1S/C14H25N3/c1-6-7-15-10-12-8-11(2)16-13(9-12)17-14(3,4)5/h8-9,15H,6-7,10H2,1-5H3,(H,16,17). The van der Waals surface area contributed by atoms with Crippen LogP contribution in [0.4, 0.5) is 5.82 Å². The molecule has 1 aromatic rings. The molecule has 1 heterocycles. The number of nitrogens with one attached hydrogen (secondary N) is 2. The molecule has 0 aliphatic heterocycles. The fourth-order valence-corrected chi connectivity index (χ4v) is 1.70. The molecule has 2 N–H and O–H groups in total. The first-order valence-electron chi connectivity index (χ1n) is 6.37. The molecule has 0 fully saturated rings. The summed E-state index contributed by atoms with van der Waals surface area (Å²) in [4.78, 5) is 4.51. The van der Waals surface area contributed by atoms with Crippen LogP contribution in [0.15, 0.2) is 12.1 Å². The van der Waals surface area contributed by atoms with Gasteiger partial charge in [-0.25, -0.2) is 4.98 Å². The molecule has 0 amide bonds. The lowest BCUT2D eigenvalue weighted by Gasteiger charge is -2.22. The number of anilines is 1. The van der Waals surface area contributed by atoms with E-state index in [0.717, 1.165) is 31.0 Å². The van der Waals surface area contributed by atoms with Crippen LogP contribution >= 0.6 is 0 Å². The Morgan fingerprint density at radius 1 is 1.24 bits per heavy atom. The summed E-state index contributed by atoms with van der Waals surface area (Å²) in [5, 5.41) is 6.83. The van der Waals surface area contributed by atoms with E-state index in [2.05, 4.69) is 55.4 Å². The van der Waals surface area contributed by atoms with Crippen molar-refractivity contribution in [1.29, 1.82) is 0 Å². The van der Waals surface area contributed by atoms with Gasteiger partial charge >= 0.3 is 0 Å². The van der Waals surface area contributed by atoms with Crippen molar-refractivity contribution in [1.82, 2.24) is 10.3 Å². The Morgan fingerprint density at radius 2 is 1.94 bits per heavy atom. The molecule has 0 spiro atoms. The van der Waals surface area contributed by atoms with E-state index < -0.39 is 0 Å². The van der Waals surface area contributed by atoms with Crippen molar-refractivity contribution in [3.63, 3.8) is 0 Å². The average molecular weight is 235 g/mol. The Bertz CT molecular complexity index is 353. The summed E-state index contributed by atoms with van der Waals surface area (Å²) in [5.41, 5.74) is 2.40. The summed E-state index contributed by atoms with van der Waals surface area (Å²) in [5.74, 6) is 0.964. The SMILES string of the molecule is CCCNCc1cc(C)nc(NC(C)(C)C)c1. The lowest BCUT2D eigenvalue weighted by molar-refractivity contribution is 0.629. The van der Waals surface area contributed by atoms with Crippen LogP contribution in [0.1, 0.15) is 45.4 Å². The Balaban J connectivity index is 2.72. The summed E-state index contributed by atoms with van der Waals surface area (Å²) >= 11 is 0. The van der Waals surface area contributed by atoms with Crippen molar-refractivity contribution >= 4 is 5.82 Å². The van der Waals surface area contributed by atoms with Crippen LogP contribution in [0.5, 0.6) is 0 Å². The van der Waals surface area contributed by atoms with E-state index in [1.807, 2.05) is 6.92 Å². The van der Waals surface area contributed by atoms with Crippen molar-refractivity contribution in [2.24, 2.45) is 0 Å². The molecule has 1 aromatic heterocycles. The number of nitrogens with zero attached hydrogens (tertiary/aromatic N) is 1. The first-order chi connectivity index (χ1) is 7.90. The second-order valence-electron chi connectivity index (χ2n) is 5.55. The number of aromatic nitrogens is 1. The van der Waals surface area contributed by atoms with Gasteiger partial charge in [-0.3, -0.25) is 0 Å². The van der Waals surface area contributed by atoms with Crippen LogP contribution in [-0.2, 0) is 6.54 Å². The molecular formula is C14H25N3. The van der Waals surface area contributed by atoms with Crippen LogP contribution in [0, 0.1) is 6.92 Å². The van der Waals surface area contributed by atoms with E-state index in [-0.39, 0.29) is 5.54 Å². The van der Waals surface area contributed by atoms with Gasteiger partial charge in [0.1, 0.15) is 5.82 Å². The van der Waals surface area contributed by atoms with E-state index >= 15 is 0 Å². The third kappa shape index (κ3) is 5.68. The van der Waals surface area contributed by atoms with Gasteiger partial charge in [0.15, 0.2) is 0 Å². The lowest BCUT2D eigenvalue weighted by Crippen LogP contribution is -2.27. The van der Waals surface area contributed by atoms with E-state index in [4.69, 9.17) is 0 Å². The van der Waals surface area contributed by atoms with Gasteiger partial charge in [0.05, 0.1) is 0 Å². The summed E-state index contributed by atoms with van der Waals surface area (Å²) in [6, 6.07) is 4.26. The third-order valence-electron chi connectivity index (χ3n) is 2.27. The molecular weight excluding hydrogens is 210 g/mol. The highest BCUT2D eigenvalue weighted by molar-refractivity contribution is 5.41. The first kappa shape index (κ1) is 14.0. The van der Waals surface area contributed by atoms with E-state index in [1.54, 1.807) is 0 Å². The van der Waals surface area contributed by atoms with Gasteiger partial charge in [0, 0.05) is 17.8 Å². The zero-order valence-electron chi connectivity index (χ0n) is 11.7. The zero-order valence-corrected chi connectivity index (χ0v) is 11.7. The van der Waals surface area contributed by atoms with Crippen molar-refractivity contribution in [3.05, 3.63) is 23.4 Å². The maximum absolute atomic E-state index is 4.51. The van der Waals surface area contributed by atoms with Gasteiger partial charge in [0.25, 0.3) is 0 Å². The van der Waals surface area contributed by atoms with Crippen LogP contribution < -0.4 is 10.6 Å². The highest BCUT2D eigenvalue weighted by Gasteiger charge is 2.10. The number of hydrogen-bond acceptors (Lipinski definition) is 3. The average Bonchev–Trinajstić information content (AvgIpc) is 2.14. The first-order valence-corrected chi connectivity index (χ1v) is 6.37. The quantitative estimate of drug-likeness (QED) is 0.770. The third-order valence-corrected chi connectivity index (χ3v) is 2.27. The minimum absolute atomic E-state index is 0.0505. The smallest absolute Gasteiger partial charge is 0.126 e. The second-order valence-corrected chi connectivity index (χ2v) is 5.55. The molecule has 3 nitrogen and oxygen atoms in total. The molecule has 0 bridgehead atoms. The van der Waals surface area contributed by atoms with Crippen molar-refractivity contribution in [2.45, 2.75) is 53.1 Å². The number of aryl methyl sites for hydroxylation is 1. The van der Waals surface area contributed by atoms with Gasteiger partial charge < -0.3 is 10.6 Å². The molecule has 96 valence electrons. The van der Waals surface area contributed by atoms with Gasteiger partial charge in [-0.15, -0.1) is 0 Å². The van der Waals surface area contributed by atoms with Crippen molar-refractivity contribution in [3.8, 4) is 0 Å². The molecule has 0 radical (unpaired) electrons. The van der Waals surface area contributed by atoms with E-state index in [0.29, 0.717) is 0 Å². The Hall–Kier alpha value is -1.09. The zero-order chi connectivity index (χ0) is 12.9. The lowest BCUT2D eigenvalue weighted by atomic mass is 10.1. The molecule has 0 unspecified atom stereocenters. The van der Waals surface area contributed by atoms with Crippen LogP contribution in [0.2, 0.25) is 0 Å². The minimum atomic E-state index is 0.0505. The second kappa shape index (κ2) is 6.01. The van der Waals surface area contributed by atoms with Crippen LogP contribution in [0.25, 0.3) is 0 Å². The van der Waals surface area contributed by atoms with Crippen molar-refractivity contribution in [2.75, 3.05) is 11.9 Å². The highest BCUT2D eigenvalue weighted by atomic mass is 15.0. The van der Waals surface area contributed by atoms with Gasteiger partial charge in [-0.05, 0) is 58.4 Å². The molecule has 3 heteroatoms. The highest BCUT2D eigenvalue weighted by Crippen LogP contribution is 2.15. The van der Waals surface area contributed by atoms with Crippen molar-refractivity contribution < 1.29 is 0 Å². The number of hydrogen-bond donors (Lipinski definition) is 2. The number of pyridine rings is 1. The molecule has 0 aliphatic rings. The normalized spacial score (nSPS) is 11.6. The molecule has 0 aromatic carbocycles. The minimum Gasteiger partial charge on any atom is -0.365 e. The van der Waals surface area contributed by atoms with Crippen LogP contribution in [-0.4, -0.2) is 17.1 Å². The number of rotatable bonds is 5. The molecule has 1 rings (SSSR count).